The summed E-state index contributed by atoms with van der Waals surface area (Å²) in [5, 5.41) is 0. The molecule has 2 rings (SSSR count). The lowest BCUT2D eigenvalue weighted by Crippen LogP contribution is -2.65. The Labute approximate surface area is 143 Å². The number of nitrogens with zero attached hydrogens (tertiary/aromatic N) is 1. The van der Waals surface area contributed by atoms with Gasteiger partial charge in [-0.1, -0.05) is 42.5 Å². The summed E-state index contributed by atoms with van der Waals surface area (Å²) < 4.78 is 50.8. The molecule has 0 aromatic heterocycles. The van der Waals surface area contributed by atoms with E-state index >= 15 is 0 Å². The minimum Gasteiger partial charge on any atom is -0.467 e. The predicted octanol–water partition coefficient (Wildman–Crippen LogP) is 3.45. The number of halogens is 3. The van der Waals surface area contributed by atoms with Crippen LogP contribution in [-0.4, -0.2) is 42.3 Å². The van der Waals surface area contributed by atoms with Crippen molar-refractivity contribution in [2.45, 2.75) is 31.2 Å². The van der Waals surface area contributed by atoms with Crippen molar-refractivity contribution in [2.24, 2.45) is 0 Å². The van der Waals surface area contributed by atoms with Gasteiger partial charge in [-0.2, -0.15) is 13.2 Å². The third-order valence-electron chi connectivity index (χ3n) is 3.98. The second kappa shape index (κ2) is 7.58. The lowest BCUT2D eigenvalue weighted by Gasteiger charge is -2.40. The molecule has 0 aliphatic carbocycles. The predicted molar refractivity (Wildman–Crippen MR) is 82.5 cm³/mol. The molecule has 136 valence electrons. The summed E-state index contributed by atoms with van der Waals surface area (Å²) in [5.74, 6) is -1.54. The van der Waals surface area contributed by atoms with Gasteiger partial charge in [-0.3, -0.25) is 4.90 Å². The number of hydrogen-bond donors (Lipinski definition) is 0. The van der Waals surface area contributed by atoms with Gasteiger partial charge in [0.15, 0.2) is 0 Å². The Morgan fingerprint density at radius 3 is 2.48 bits per heavy atom. The summed E-state index contributed by atoms with van der Waals surface area (Å²) in [6, 6.07) is 8.54. The summed E-state index contributed by atoms with van der Waals surface area (Å²) >= 11 is 0. The molecule has 0 radical (unpaired) electrons. The number of carbonyl (C=O) groups is 2. The number of amides is 1. The van der Waals surface area contributed by atoms with Crippen molar-refractivity contribution >= 4 is 12.1 Å². The average Bonchev–Trinajstić information content (AvgIpc) is 2.83. The zero-order valence-electron chi connectivity index (χ0n) is 13.6. The number of methoxy groups -OCH3 is 1. The molecule has 0 bridgehead atoms. The molecule has 1 amide bonds. The van der Waals surface area contributed by atoms with E-state index in [-0.39, 0.29) is 19.6 Å². The zero-order valence-corrected chi connectivity index (χ0v) is 13.6. The second-order valence-electron chi connectivity index (χ2n) is 5.51. The number of esters is 1. The number of hydrogen-bond acceptors (Lipinski definition) is 4. The number of ether oxygens (including phenoxy) is 2. The molecule has 1 aromatic carbocycles. The molecule has 0 spiro atoms. The standard InChI is InChI=1S/C17H18F3NO4/c1-24-14(22)16(17(18,19)20)10-6-3-7-11-21(16)15(23)25-12-13-8-4-2-5-9-13/h2-6,8-9H,7,10-12H2,1H3. The van der Waals surface area contributed by atoms with E-state index in [2.05, 4.69) is 4.74 Å². The van der Waals surface area contributed by atoms with E-state index in [4.69, 9.17) is 4.74 Å². The Balaban J connectivity index is 2.30. The molecule has 1 aromatic rings. The lowest BCUT2D eigenvalue weighted by atomic mass is 9.92. The highest BCUT2D eigenvalue weighted by Crippen LogP contribution is 2.41. The van der Waals surface area contributed by atoms with Gasteiger partial charge in [-0.05, 0) is 12.0 Å². The molecular weight excluding hydrogens is 339 g/mol. The molecule has 1 aliphatic heterocycles. The van der Waals surface area contributed by atoms with Crippen LogP contribution in [0.3, 0.4) is 0 Å². The lowest BCUT2D eigenvalue weighted by molar-refractivity contribution is -0.233. The molecule has 1 atom stereocenters. The maximum atomic E-state index is 13.8. The van der Waals surface area contributed by atoms with E-state index in [1.165, 1.54) is 12.2 Å². The summed E-state index contributed by atoms with van der Waals surface area (Å²) in [6.07, 6.45) is -4.04. The topological polar surface area (TPSA) is 55.8 Å². The molecule has 8 heteroatoms. The van der Waals surface area contributed by atoms with Crippen LogP contribution in [0.2, 0.25) is 0 Å². The first-order valence-corrected chi connectivity index (χ1v) is 7.61. The van der Waals surface area contributed by atoms with Crippen LogP contribution in [0.15, 0.2) is 42.5 Å². The number of alkyl halides is 3. The Hall–Kier alpha value is -2.51. The van der Waals surface area contributed by atoms with Crippen molar-refractivity contribution in [1.29, 1.82) is 0 Å². The molecular formula is C17H18F3NO4. The van der Waals surface area contributed by atoms with Gasteiger partial charge in [0.2, 0.25) is 5.54 Å². The van der Waals surface area contributed by atoms with Gasteiger partial charge in [0.05, 0.1) is 7.11 Å². The van der Waals surface area contributed by atoms with E-state index < -0.39 is 30.2 Å². The van der Waals surface area contributed by atoms with E-state index in [1.54, 1.807) is 30.3 Å². The fourth-order valence-corrected chi connectivity index (χ4v) is 2.67. The molecule has 0 saturated heterocycles. The minimum absolute atomic E-state index is 0.176. The van der Waals surface area contributed by atoms with Crippen LogP contribution in [0, 0.1) is 0 Å². The monoisotopic (exact) mass is 357 g/mol. The third-order valence-corrected chi connectivity index (χ3v) is 3.98. The van der Waals surface area contributed by atoms with Crippen molar-refractivity contribution < 1.29 is 32.2 Å². The highest BCUT2D eigenvalue weighted by molar-refractivity contribution is 5.87. The molecule has 1 heterocycles. The zero-order chi connectivity index (χ0) is 18.5. The van der Waals surface area contributed by atoms with Gasteiger partial charge < -0.3 is 9.47 Å². The molecule has 0 saturated carbocycles. The number of rotatable bonds is 3. The van der Waals surface area contributed by atoms with Crippen LogP contribution in [0.5, 0.6) is 0 Å². The Morgan fingerprint density at radius 1 is 1.20 bits per heavy atom. The van der Waals surface area contributed by atoms with Crippen LogP contribution >= 0.6 is 0 Å². The van der Waals surface area contributed by atoms with Crippen LogP contribution in [0.4, 0.5) is 18.0 Å². The smallest absolute Gasteiger partial charge is 0.423 e. The normalized spacial score (nSPS) is 20.7. The minimum atomic E-state index is -5.01. The quantitative estimate of drug-likeness (QED) is 0.614. The SMILES string of the molecule is COC(=O)C1(C(F)(F)F)CC=CCCN1C(=O)OCc1ccccc1. The number of benzene rings is 1. The van der Waals surface area contributed by atoms with Crippen LogP contribution in [0.1, 0.15) is 18.4 Å². The van der Waals surface area contributed by atoms with Gasteiger partial charge in [0, 0.05) is 13.0 Å². The van der Waals surface area contributed by atoms with Crippen LogP contribution in [0.25, 0.3) is 0 Å². The van der Waals surface area contributed by atoms with E-state index in [0.717, 1.165) is 7.11 Å². The molecule has 5 nitrogen and oxygen atoms in total. The van der Waals surface area contributed by atoms with Gasteiger partial charge in [-0.15, -0.1) is 0 Å². The largest absolute Gasteiger partial charge is 0.467 e. The highest BCUT2D eigenvalue weighted by Gasteiger charge is 2.66. The maximum Gasteiger partial charge on any atom is 0.423 e. The molecule has 25 heavy (non-hydrogen) atoms. The van der Waals surface area contributed by atoms with Gasteiger partial charge in [0.1, 0.15) is 6.61 Å². The van der Waals surface area contributed by atoms with Gasteiger partial charge >= 0.3 is 18.2 Å². The first-order valence-electron chi connectivity index (χ1n) is 7.61. The summed E-state index contributed by atoms with van der Waals surface area (Å²) in [7, 11) is 0.859. The second-order valence-corrected chi connectivity index (χ2v) is 5.51. The van der Waals surface area contributed by atoms with Crippen molar-refractivity contribution in [3.05, 3.63) is 48.0 Å². The highest BCUT2D eigenvalue weighted by atomic mass is 19.4. The number of carbonyl (C=O) groups excluding carboxylic acids is 2. The van der Waals surface area contributed by atoms with E-state index in [0.29, 0.717) is 10.5 Å². The summed E-state index contributed by atoms with van der Waals surface area (Å²) in [6.45, 7) is -0.503. The van der Waals surface area contributed by atoms with Gasteiger partial charge in [-0.25, -0.2) is 9.59 Å². The Morgan fingerprint density at radius 2 is 1.88 bits per heavy atom. The van der Waals surface area contributed by atoms with Crippen molar-refractivity contribution in [3.8, 4) is 0 Å². The average molecular weight is 357 g/mol. The van der Waals surface area contributed by atoms with Crippen molar-refractivity contribution in [2.75, 3.05) is 13.7 Å². The van der Waals surface area contributed by atoms with Crippen LogP contribution < -0.4 is 0 Å². The Bertz CT molecular complexity index is 645. The molecule has 0 fully saturated rings. The Kier molecular flexibility index (Phi) is 5.71. The van der Waals surface area contributed by atoms with Crippen molar-refractivity contribution in [1.82, 2.24) is 4.90 Å². The summed E-state index contributed by atoms with van der Waals surface area (Å²) in [4.78, 5) is 24.8. The van der Waals surface area contributed by atoms with E-state index in [1.807, 2.05) is 0 Å². The van der Waals surface area contributed by atoms with E-state index in [9.17, 15) is 22.8 Å². The molecule has 0 N–H and O–H groups in total. The first-order chi connectivity index (χ1) is 11.8. The van der Waals surface area contributed by atoms with Crippen LogP contribution in [-0.2, 0) is 20.9 Å². The fraction of sp³-hybridized carbons (Fsp3) is 0.412. The fourth-order valence-electron chi connectivity index (χ4n) is 2.67. The van der Waals surface area contributed by atoms with Gasteiger partial charge in [0.25, 0.3) is 0 Å². The van der Waals surface area contributed by atoms with Crippen molar-refractivity contribution in [3.63, 3.8) is 0 Å². The first kappa shape index (κ1) is 18.8. The third kappa shape index (κ3) is 3.78. The molecule has 1 unspecified atom stereocenters. The molecule has 1 aliphatic rings. The maximum absolute atomic E-state index is 13.8. The summed E-state index contributed by atoms with van der Waals surface area (Å²) in [5.41, 5.74) is -2.47.